The molecule has 9 heteroatoms. The Morgan fingerprint density at radius 2 is 1.63 bits per heavy atom. The summed E-state index contributed by atoms with van der Waals surface area (Å²) in [6, 6.07) is 16.3. The van der Waals surface area contributed by atoms with Gasteiger partial charge in [-0.25, -0.2) is 17.6 Å². The van der Waals surface area contributed by atoms with Gasteiger partial charge in [-0.3, -0.25) is 4.72 Å². The molecule has 220 valence electrons. The van der Waals surface area contributed by atoms with Gasteiger partial charge in [-0.05, 0) is 64.9 Å². The Balaban J connectivity index is 1.35. The van der Waals surface area contributed by atoms with Crippen LogP contribution >= 0.6 is 0 Å². The average molecular weight is 582 g/mol. The highest BCUT2D eigenvalue weighted by Gasteiger charge is 2.26. The predicted molar refractivity (Wildman–Crippen MR) is 161 cm³/mol. The molecule has 1 heterocycles. The molecule has 0 saturated heterocycles. The number of halogens is 1. The van der Waals surface area contributed by atoms with Crippen LogP contribution < -0.4 is 14.8 Å². The van der Waals surface area contributed by atoms with Crippen LogP contribution in [0.4, 0.5) is 20.6 Å². The first-order chi connectivity index (χ1) is 19.5. The molecule has 0 bridgehead atoms. The number of amides is 2. The van der Waals surface area contributed by atoms with Crippen LogP contribution in [-0.4, -0.2) is 26.0 Å². The van der Waals surface area contributed by atoms with Crippen molar-refractivity contribution >= 4 is 27.4 Å². The summed E-state index contributed by atoms with van der Waals surface area (Å²) in [4.78, 5) is 14.5. The number of fused-ring (bicyclic) bond motifs is 1. The van der Waals surface area contributed by atoms with Gasteiger partial charge in [0, 0.05) is 24.8 Å². The lowest BCUT2D eigenvalue weighted by Crippen LogP contribution is -2.30. The average Bonchev–Trinajstić information content (AvgIpc) is 3.36. The third-order valence-corrected chi connectivity index (χ3v) is 8.56. The molecule has 4 rings (SSSR count). The highest BCUT2D eigenvalue weighted by atomic mass is 32.2. The number of benzene rings is 3. The van der Waals surface area contributed by atoms with Crippen LogP contribution in [0.2, 0.25) is 0 Å². The summed E-state index contributed by atoms with van der Waals surface area (Å²) in [6.45, 7) is 9.67. The number of urea groups is 1. The number of nitrogens with zero attached hydrogens (tertiary/aromatic N) is 1. The van der Waals surface area contributed by atoms with E-state index in [0.29, 0.717) is 24.6 Å². The standard InChI is InChI=1S/C32H40FN3O4S/c1-5-6-7-8-9-18-40-27-15-17-30(29(33)20-27)35-41(38,39)28-16-10-23-21-36(22-24(23)19-28)31(37)34-26-13-11-25(12-14-26)32(2,3)4/h10-17,19-20,35H,5-9,18,21-22H2,1-4H3,(H,34,37). The summed E-state index contributed by atoms with van der Waals surface area (Å²) in [5, 5.41) is 2.91. The van der Waals surface area contributed by atoms with E-state index in [4.69, 9.17) is 4.74 Å². The van der Waals surface area contributed by atoms with Crippen molar-refractivity contribution in [2.75, 3.05) is 16.6 Å². The topological polar surface area (TPSA) is 87.7 Å². The van der Waals surface area contributed by atoms with Crippen LogP contribution in [0.25, 0.3) is 0 Å². The molecule has 0 fully saturated rings. The fourth-order valence-corrected chi connectivity index (χ4v) is 5.82. The molecular weight excluding hydrogens is 541 g/mol. The second-order valence-corrected chi connectivity index (χ2v) is 13.2. The highest BCUT2D eigenvalue weighted by molar-refractivity contribution is 7.92. The molecule has 1 aliphatic heterocycles. The van der Waals surface area contributed by atoms with Crippen molar-refractivity contribution in [3.05, 3.63) is 83.2 Å². The molecule has 3 aromatic carbocycles. The van der Waals surface area contributed by atoms with E-state index in [1.807, 2.05) is 24.3 Å². The summed E-state index contributed by atoms with van der Waals surface area (Å²) in [5.41, 5.74) is 3.32. The van der Waals surface area contributed by atoms with Crippen molar-refractivity contribution in [1.29, 1.82) is 0 Å². The lowest BCUT2D eigenvalue weighted by atomic mass is 9.87. The van der Waals surface area contributed by atoms with Gasteiger partial charge in [0.25, 0.3) is 10.0 Å². The van der Waals surface area contributed by atoms with Crippen LogP contribution in [0.5, 0.6) is 5.75 Å². The number of unbranched alkanes of at least 4 members (excludes halogenated alkanes) is 4. The lowest BCUT2D eigenvalue weighted by Gasteiger charge is -2.20. The number of ether oxygens (including phenoxy) is 1. The Bertz CT molecular complexity index is 1470. The summed E-state index contributed by atoms with van der Waals surface area (Å²) in [6.07, 6.45) is 5.45. The van der Waals surface area contributed by atoms with Crippen molar-refractivity contribution < 1.29 is 22.3 Å². The monoisotopic (exact) mass is 581 g/mol. The van der Waals surface area contributed by atoms with Gasteiger partial charge in [0.05, 0.1) is 17.2 Å². The molecule has 1 aliphatic rings. The van der Waals surface area contributed by atoms with Gasteiger partial charge in [0.1, 0.15) is 5.75 Å². The molecule has 2 amide bonds. The Labute approximate surface area is 243 Å². The Morgan fingerprint density at radius 1 is 0.927 bits per heavy atom. The molecule has 0 unspecified atom stereocenters. The van der Waals surface area contributed by atoms with Crippen LogP contribution in [0, 0.1) is 5.82 Å². The van der Waals surface area contributed by atoms with Gasteiger partial charge < -0.3 is 15.0 Å². The maximum Gasteiger partial charge on any atom is 0.322 e. The van der Waals surface area contributed by atoms with Gasteiger partial charge in [-0.1, -0.05) is 71.6 Å². The van der Waals surface area contributed by atoms with Crippen LogP contribution in [0.3, 0.4) is 0 Å². The van der Waals surface area contributed by atoms with Crippen molar-refractivity contribution in [3.63, 3.8) is 0 Å². The van der Waals surface area contributed by atoms with Gasteiger partial charge in [0.2, 0.25) is 0 Å². The number of anilines is 2. The quantitative estimate of drug-likeness (QED) is 0.226. The number of carbonyl (C=O) groups excluding carboxylic acids is 1. The minimum absolute atomic E-state index is 0.00285. The largest absolute Gasteiger partial charge is 0.493 e. The van der Waals surface area contributed by atoms with E-state index in [1.165, 1.54) is 36.2 Å². The smallest absolute Gasteiger partial charge is 0.322 e. The molecule has 7 nitrogen and oxygen atoms in total. The first-order valence-electron chi connectivity index (χ1n) is 14.2. The fourth-order valence-electron chi connectivity index (χ4n) is 4.71. The van der Waals surface area contributed by atoms with Crippen molar-refractivity contribution in [3.8, 4) is 5.75 Å². The molecule has 0 spiro atoms. The third kappa shape index (κ3) is 8.00. The molecule has 2 N–H and O–H groups in total. The molecule has 0 atom stereocenters. The predicted octanol–water partition coefficient (Wildman–Crippen LogP) is 7.82. The van der Waals surface area contributed by atoms with E-state index >= 15 is 0 Å². The normalized spacial score (nSPS) is 13.1. The van der Waals surface area contributed by atoms with Crippen LogP contribution in [-0.2, 0) is 28.5 Å². The molecule has 0 saturated carbocycles. The summed E-state index contributed by atoms with van der Waals surface area (Å²) < 4.78 is 48.9. The number of sulfonamides is 1. The zero-order chi connectivity index (χ0) is 29.6. The minimum atomic E-state index is -4.05. The summed E-state index contributed by atoms with van der Waals surface area (Å²) in [7, 11) is -4.05. The zero-order valence-corrected chi connectivity index (χ0v) is 25.1. The Hall–Kier alpha value is -3.59. The number of hydrogen-bond acceptors (Lipinski definition) is 4. The van der Waals surface area contributed by atoms with Gasteiger partial charge in [-0.15, -0.1) is 0 Å². The van der Waals surface area contributed by atoms with Gasteiger partial charge in [0.15, 0.2) is 5.82 Å². The SMILES string of the molecule is CCCCCCCOc1ccc(NS(=O)(=O)c2ccc3c(c2)CN(C(=O)Nc2ccc(C(C)(C)C)cc2)C3)c(F)c1. The van der Waals surface area contributed by atoms with Gasteiger partial charge in [-0.2, -0.15) is 0 Å². The molecular formula is C32H40FN3O4S. The van der Waals surface area contributed by atoms with E-state index in [1.54, 1.807) is 17.0 Å². The second kappa shape index (κ2) is 12.9. The zero-order valence-electron chi connectivity index (χ0n) is 24.3. The van der Waals surface area contributed by atoms with Crippen molar-refractivity contribution in [2.24, 2.45) is 0 Å². The van der Waals surface area contributed by atoms with Crippen molar-refractivity contribution in [1.82, 2.24) is 4.90 Å². The minimum Gasteiger partial charge on any atom is -0.493 e. The molecule has 3 aromatic rings. The highest BCUT2D eigenvalue weighted by Crippen LogP contribution is 2.29. The maximum absolute atomic E-state index is 14.7. The molecule has 0 aromatic heterocycles. The van der Waals surface area contributed by atoms with Gasteiger partial charge >= 0.3 is 6.03 Å². The number of carbonyl (C=O) groups is 1. The second-order valence-electron chi connectivity index (χ2n) is 11.6. The van der Waals surface area contributed by atoms with Crippen molar-refractivity contribution in [2.45, 2.75) is 83.2 Å². The van der Waals surface area contributed by atoms with E-state index in [2.05, 4.69) is 37.7 Å². The van der Waals surface area contributed by atoms with E-state index in [9.17, 15) is 17.6 Å². The number of nitrogens with one attached hydrogen (secondary N) is 2. The first kappa shape index (κ1) is 30.4. The Kier molecular flexibility index (Phi) is 9.58. The molecule has 0 radical (unpaired) electrons. The van der Waals surface area contributed by atoms with E-state index < -0.39 is 15.8 Å². The van der Waals surface area contributed by atoms with Crippen LogP contribution in [0.1, 0.15) is 76.5 Å². The van der Waals surface area contributed by atoms with E-state index in [-0.39, 0.29) is 28.6 Å². The van der Waals surface area contributed by atoms with E-state index in [0.717, 1.165) is 36.8 Å². The summed E-state index contributed by atoms with van der Waals surface area (Å²) >= 11 is 0. The lowest BCUT2D eigenvalue weighted by molar-refractivity contribution is 0.212. The third-order valence-electron chi connectivity index (χ3n) is 7.20. The Morgan fingerprint density at radius 3 is 2.32 bits per heavy atom. The number of rotatable bonds is 11. The fraction of sp³-hybridized carbons (Fsp3) is 0.406. The summed E-state index contributed by atoms with van der Waals surface area (Å²) in [5.74, 6) is -0.349. The number of hydrogen-bond donors (Lipinski definition) is 2. The maximum atomic E-state index is 14.7. The first-order valence-corrected chi connectivity index (χ1v) is 15.7. The molecule has 0 aliphatic carbocycles. The van der Waals surface area contributed by atoms with Crippen LogP contribution in [0.15, 0.2) is 65.6 Å². The molecule has 41 heavy (non-hydrogen) atoms.